The molecule has 0 bridgehead atoms. The summed E-state index contributed by atoms with van der Waals surface area (Å²) in [7, 11) is 1.60. The number of amides is 2. The lowest BCUT2D eigenvalue weighted by molar-refractivity contribution is 0.255. The Morgan fingerprint density at radius 3 is 2.33 bits per heavy atom. The molecular formula is C17H18N2O2. The van der Waals surface area contributed by atoms with E-state index in [4.69, 9.17) is 4.74 Å². The highest BCUT2D eigenvalue weighted by Gasteiger charge is 1.99. The molecule has 21 heavy (non-hydrogen) atoms. The Balaban J connectivity index is 1.85. The summed E-state index contributed by atoms with van der Waals surface area (Å²) in [5.74, 6) is 0.750. The van der Waals surface area contributed by atoms with Crippen LogP contribution in [-0.4, -0.2) is 13.1 Å². The Hall–Kier alpha value is -2.75. The molecule has 0 aliphatic rings. The molecule has 2 amide bonds. The van der Waals surface area contributed by atoms with E-state index < -0.39 is 0 Å². The van der Waals surface area contributed by atoms with Gasteiger partial charge in [-0.25, -0.2) is 4.79 Å². The average molecular weight is 282 g/mol. The predicted octanol–water partition coefficient (Wildman–Crippen LogP) is 3.80. The van der Waals surface area contributed by atoms with Crippen LogP contribution in [0, 0.1) is 6.92 Å². The van der Waals surface area contributed by atoms with Crippen molar-refractivity contribution in [3.8, 4) is 5.75 Å². The molecule has 0 aliphatic heterocycles. The Morgan fingerprint density at radius 1 is 1.05 bits per heavy atom. The van der Waals surface area contributed by atoms with Crippen molar-refractivity contribution in [3.63, 3.8) is 0 Å². The van der Waals surface area contributed by atoms with E-state index in [0.29, 0.717) is 5.69 Å². The quantitative estimate of drug-likeness (QED) is 0.896. The first-order chi connectivity index (χ1) is 10.2. The van der Waals surface area contributed by atoms with Crippen LogP contribution in [0.4, 0.5) is 10.5 Å². The van der Waals surface area contributed by atoms with E-state index in [2.05, 4.69) is 10.6 Å². The zero-order valence-electron chi connectivity index (χ0n) is 12.1. The van der Waals surface area contributed by atoms with Crippen LogP contribution in [0.2, 0.25) is 0 Å². The van der Waals surface area contributed by atoms with Crippen molar-refractivity contribution < 1.29 is 9.53 Å². The van der Waals surface area contributed by atoms with Gasteiger partial charge in [-0.05, 0) is 42.8 Å². The number of aryl methyl sites for hydroxylation is 1. The topological polar surface area (TPSA) is 50.4 Å². The van der Waals surface area contributed by atoms with Gasteiger partial charge >= 0.3 is 6.03 Å². The molecule has 0 aromatic heterocycles. The summed E-state index contributed by atoms with van der Waals surface area (Å²) in [6, 6.07) is 14.9. The van der Waals surface area contributed by atoms with Gasteiger partial charge in [0.2, 0.25) is 0 Å². The molecule has 4 nitrogen and oxygen atoms in total. The van der Waals surface area contributed by atoms with E-state index in [1.165, 1.54) is 5.56 Å². The molecule has 0 unspecified atom stereocenters. The number of hydrogen-bond donors (Lipinski definition) is 2. The third kappa shape index (κ3) is 4.69. The Labute approximate surface area is 124 Å². The third-order valence-corrected chi connectivity index (χ3v) is 2.92. The van der Waals surface area contributed by atoms with Crippen LogP contribution in [0.1, 0.15) is 11.1 Å². The van der Waals surface area contributed by atoms with Crippen LogP contribution >= 0.6 is 0 Å². The predicted molar refractivity (Wildman–Crippen MR) is 85.4 cm³/mol. The fourth-order valence-corrected chi connectivity index (χ4v) is 1.73. The molecule has 2 aromatic carbocycles. The van der Waals surface area contributed by atoms with E-state index in [1.807, 2.05) is 37.3 Å². The second kappa shape index (κ2) is 7.14. The molecule has 2 rings (SSSR count). The van der Waals surface area contributed by atoms with Crippen LogP contribution < -0.4 is 15.4 Å². The third-order valence-electron chi connectivity index (χ3n) is 2.92. The number of rotatable bonds is 4. The SMILES string of the molecule is COc1ccc(NC(=O)N/C=C/c2ccc(C)cc2)cc1. The normalized spacial score (nSPS) is 10.4. The van der Waals surface area contributed by atoms with E-state index in [1.54, 1.807) is 37.6 Å². The number of carbonyl (C=O) groups is 1. The maximum absolute atomic E-state index is 11.7. The standard InChI is InChI=1S/C17H18N2O2/c1-13-3-5-14(6-4-13)11-12-18-17(20)19-15-7-9-16(21-2)10-8-15/h3-12H,1-2H3,(H2,18,19,20)/b12-11+. The van der Waals surface area contributed by atoms with Crippen molar-refractivity contribution in [3.05, 3.63) is 65.9 Å². The molecule has 0 saturated heterocycles. The summed E-state index contributed by atoms with van der Waals surface area (Å²) in [5.41, 5.74) is 2.94. The van der Waals surface area contributed by atoms with E-state index in [-0.39, 0.29) is 6.03 Å². The molecule has 0 heterocycles. The van der Waals surface area contributed by atoms with Crippen molar-refractivity contribution in [2.24, 2.45) is 0 Å². The molecule has 4 heteroatoms. The second-order valence-corrected chi connectivity index (χ2v) is 4.57. The number of ether oxygens (including phenoxy) is 1. The zero-order chi connectivity index (χ0) is 15.1. The summed E-state index contributed by atoms with van der Waals surface area (Å²) >= 11 is 0. The van der Waals surface area contributed by atoms with Crippen LogP contribution in [0.5, 0.6) is 5.75 Å². The summed E-state index contributed by atoms with van der Waals surface area (Å²) in [5, 5.41) is 5.39. The highest BCUT2D eigenvalue weighted by Crippen LogP contribution is 2.14. The van der Waals surface area contributed by atoms with Crippen molar-refractivity contribution in [1.29, 1.82) is 0 Å². The molecule has 0 fully saturated rings. The largest absolute Gasteiger partial charge is 0.497 e. The van der Waals surface area contributed by atoms with Gasteiger partial charge in [-0.2, -0.15) is 0 Å². The van der Waals surface area contributed by atoms with Gasteiger partial charge in [-0.3, -0.25) is 0 Å². The Kier molecular flexibility index (Phi) is 4.99. The molecule has 0 spiro atoms. The highest BCUT2D eigenvalue weighted by atomic mass is 16.5. The minimum atomic E-state index is -0.288. The monoisotopic (exact) mass is 282 g/mol. The van der Waals surface area contributed by atoms with Crippen molar-refractivity contribution in [1.82, 2.24) is 5.32 Å². The maximum atomic E-state index is 11.7. The smallest absolute Gasteiger partial charge is 0.323 e. The number of anilines is 1. The fraction of sp³-hybridized carbons (Fsp3) is 0.118. The zero-order valence-corrected chi connectivity index (χ0v) is 12.1. The highest BCUT2D eigenvalue weighted by molar-refractivity contribution is 5.90. The molecule has 0 saturated carbocycles. The number of methoxy groups -OCH3 is 1. The second-order valence-electron chi connectivity index (χ2n) is 4.57. The molecular weight excluding hydrogens is 264 g/mol. The van der Waals surface area contributed by atoms with Gasteiger partial charge in [-0.15, -0.1) is 0 Å². The number of urea groups is 1. The van der Waals surface area contributed by atoms with Gasteiger partial charge in [0.1, 0.15) is 5.75 Å². The summed E-state index contributed by atoms with van der Waals surface area (Å²) in [6.45, 7) is 2.04. The molecule has 2 N–H and O–H groups in total. The Bertz CT molecular complexity index is 616. The first kappa shape index (κ1) is 14.7. The number of nitrogens with one attached hydrogen (secondary N) is 2. The first-order valence-corrected chi connectivity index (χ1v) is 6.62. The van der Waals surface area contributed by atoms with Crippen LogP contribution in [0.15, 0.2) is 54.7 Å². The summed E-state index contributed by atoms with van der Waals surface area (Å²) < 4.78 is 5.06. The van der Waals surface area contributed by atoms with E-state index in [9.17, 15) is 4.79 Å². The van der Waals surface area contributed by atoms with Gasteiger partial charge in [0.05, 0.1) is 7.11 Å². The van der Waals surface area contributed by atoms with E-state index in [0.717, 1.165) is 11.3 Å². The first-order valence-electron chi connectivity index (χ1n) is 6.62. The van der Waals surface area contributed by atoms with Gasteiger partial charge in [0, 0.05) is 11.9 Å². The summed E-state index contributed by atoms with van der Waals surface area (Å²) in [4.78, 5) is 11.7. The molecule has 108 valence electrons. The number of hydrogen-bond acceptors (Lipinski definition) is 2. The van der Waals surface area contributed by atoms with E-state index >= 15 is 0 Å². The Morgan fingerprint density at radius 2 is 1.71 bits per heavy atom. The maximum Gasteiger partial charge on any atom is 0.323 e. The molecule has 0 atom stereocenters. The molecule has 0 aliphatic carbocycles. The van der Waals surface area contributed by atoms with Crippen LogP contribution in [0.25, 0.3) is 6.08 Å². The molecule has 0 radical (unpaired) electrons. The van der Waals surface area contributed by atoms with Crippen molar-refractivity contribution >= 4 is 17.8 Å². The van der Waals surface area contributed by atoms with Crippen LogP contribution in [-0.2, 0) is 0 Å². The lowest BCUT2D eigenvalue weighted by Crippen LogP contribution is -2.23. The lowest BCUT2D eigenvalue weighted by Gasteiger charge is -2.05. The van der Waals surface area contributed by atoms with Gasteiger partial charge < -0.3 is 15.4 Å². The fourth-order valence-electron chi connectivity index (χ4n) is 1.73. The van der Waals surface area contributed by atoms with Crippen LogP contribution in [0.3, 0.4) is 0 Å². The van der Waals surface area contributed by atoms with Gasteiger partial charge in [0.15, 0.2) is 0 Å². The average Bonchev–Trinajstić information content (AvgIpc) is 2.50. The minimum Gasteiger partial charge on any atom is -0.497 e. The van der Waals surface area contributed by atoms with Gasteiger partial charge in [-0.1, -0.05) is 29.8 Å². The summed E-state index contributed by atoms with van der Waals surface area (Å²) in [6.07, 6.45) is 3.45. The van der Waals surface area contributed by atoms with Crippen molar-refractivity contribution in [2.75, 3.05) is 12.4 Å². The number of carbonyl (C=O) groups excluding carboxylic acids is 1. The lowest BCUT2D eigenvalue weighted by atomic mass is 10.1. The minimum absolute atomic E-state index is 0.288. The van der Waals surface area contributed by atoms with Crippen molar-refractivity contribution in [2.45, 2.75) is 6.92 Å². The number of benzene rings is 2. The molecule has 2 aromatic rings. The van der Waals surface area contributed by atoms with Gasteiger partial charge in [0.25, 0.3) is 0 Å².